The molecule has 28 heavy (non-hydrogen) atoms. The van der Waals surface area contributed by atoms with Crippen molar-refractivity contribution in [2.45, 2.75) is 44.9 Å². The quantitative estimate of drug-likeness (QED) is 0.537. The number of guanidine groups is 1. The van der Waals surface area contributed by atoms with Crippen LogP contribution in [0.5, 0.6) is 17.4 Å². The molecule has 0 saturated heterocycles. The van der Waals surface area contributed by atoms with Crippen LogP contribution in [-0.2, 0) is 13.1 Å². The maximum Gasteiger partial charge on any atom is 0.213 e. The summed E-state index contributed by atoms with van der Waals surface area (Å²) in [4.78, 5) is 8.69. The summed E-state index contributed by atoms with van der Waals surface area (Å²) in [5, 5.41) is 3.13. The van der Waals surface area contributed by atoms with E-state index in [0.29, 0.717) is 42.5 Å². The fraction of sp³-hybridized carbons (Fsp3) is 0.429. The second kappa shape index (κ2) is 9.82. The van der Waals surface area contributed by atoms with Crippen LogP contribution in [0.15, 0.2) is 41.5 Å². The maximum absolute atomic E-state index is 6.00. The number of hydrogen-bond donors (Lipinski definition) is 2. The van der Waals surface area contributed by atoms with Crippen LogP contribution in [0.2, 0.25) is 0 Å². The smallest absolute Gasteiger partial charge is 0.213 e. The van der Waals surface area contributed by atoms with Gasteiger partial charge in [0, 0.05) is 18.8 Å². The third-order valence-corrected chi connectivity index (χ3v) is 4.74. The molecule has 0 unspecified atom stereocenters. The van der Waals surface area contributed by atoms with Gasteiger partial charge in [-0.05, 0) is 55.0 Å². The Hall–Kier alpha value is -2.96. The first-order valence-electron chi connectivity index (χ1n) is 9.54. The molecular formula is C21H28N4O3. The van der Waals surface area contributed by atoms with Gasteiger partial charge in [-0.2, -0.15) is 0 Å². The highest BCUT2D eigenvalue weighted by Gasteiger charge is 2.17. The molecule has 3 rings (SSSR count). The fourth-order valence-electron chi connectivity index (χ4n) is 3.21. The molecule has 1 saturated carbocycles. The Kier molecular flexibility index (Phi) is 6.94. The number of nitrogens with two attached hydrogens (primary N) is 1. The minimum absolute atomic E-state index is 0.295. The predicted octanol–water partition coefficient (Wildman–Crippen LogP) is 3.02. The average Bonchev–Trinajstić information content (AvgIpc) is 3.23. The van der Waals surface area contributed by atoms with Gasteiger partial charge >= 0.3 is 0 Å². The Morgan fingerprint density at radius 1 is 1.11 bits per heavy atom. The summed E-state index contributed by atoms with van der Waals surface area (Å²) in [7, 11) is 3.22. The lowest BCUT2D eigenvalue weighted by Crippen LogP contribution is -2.31. The third kappa shape index (κ3) is 5.52. The van der Waals surface area contributed by atoms with Gasteiger partial charge in [-0.1, -0.05) is 6.07 Å². The molecular weight excluding hydrogens is 356 g/mol. The molecule has 0 spiro atoms. The van der Waals surface area contributed by atoms with Gasteiger partial charge in [0.15, 0.2) is 17.5 Å². The first kappa shape index (κ1) is 19.8. The number of aromatic nitrogens is 1. The van der Waals surface area contributed by atoms with Crippen molar-refractivity contribution in [3.63, 3.8) is 0 Å². The highest BCUT2D eigenvalue weighted by molar-refractivity contribution is 5.77. The summed E-state index contributed by atoms with van der Waals surface area (Å²) in [6, 6.07) is 9.58. The van der Waals surface area contributed by atoms with Crippen LogP contribution in [0.1, 0.15) is 36.8 Å². The Labute approximate surface area is 165 Å². The van der Waals surface area contributed by atoms with Crippen LogP contribution in [0.25, 0.3) is 0 Å². The number of benzene rings is 1. The monoisotopic (exact) mass is 384 g/mol. The van der Waals surface area contributed by atoms with Gasteiger partial charge in [0.25, 0.3) is 0 Å². The molecule has 1 aromatic carbocycles. The van der Waals surface area contributed by atoms with Crippen molar-refractivity contribution in [2.75, 3.05) is 14.2 Å². The number of ether oxygens (including phenoxy) is 3. The summed E-state index contributed by atoms with van der Waals surface area (Å²) in [5.74, 6) is 2.42. The lowest BCUT2D eigenvalue weighted by molar-refractivity contribution is 0.201. The summed E-state index contributed by atoms with van der Waals surface area (Å²) < 4.78 is 16.5. The van der Waals surface area contributed by atoms with E-state index in [9.17, 15) is 0 Å². The topological polar surface area (TPSA) is 91.0 Å². The lowest BCUT2D eigenvalue weighted by atomic mass is 10.2. The number of methoxy groups -OCH3 is 2. The van der Waals surface area contributed by atoms with Crippen LogP contribution in [-0.4, -0.2) is 31.3 Å². The first-order chi connectivity index (χ1) is 13.7. The average molecular weight is 384 g/mol. The molecule has 150 valence electrons. The number of hydrogen-bond acceptors (Lipinski definition) is 5. The van der Waals surface area contributed by atoms with Crippen LogP contribution >= 0.6 is 0 Å². The minimum atomic E-state index is 0.295. The predicted molar refractivity (Wildman–Crippen MR) is 109 cm³/mol. The molecule has 1 aliphatic carbocycles. The van der Waals surface area contributed by atoms with Crippen molar-refractivity contribution in [2.24, 2.45) is 10.7 Å². The number of pyridine rings is 1. The van der Waals surface area contributed by atoms with Gasteiger partial charge in [0.1, 0.15) is 6.10 Å². The van der Waals surface area contributed by atoms with Crippen molar-refractivity contribution in [1.29, 1.82) is 0 Å². The molecule has 1 aliphatic rings. The van der Waals surface area contributed by atoms with E-state index in [2.05, 4.69) is 15.3 Å². The molecule has 2 aromatic rings. The van der Waals surface area contributed by atoms with Crippen molar-refractivity contribution < 1.29 is 14.2 Å². The summed E-state index contributed by atoms with van der Waals surface area (Å²) in [5.41, 5.74) is 8.04. The van der Waals surface area contributed by atoms with E-state index in [0.717, 1.165) is 24.0 Å². The largest absolute Gasteiger partial charge is 0.493 e. The van der Waals surface area contributed by atoms with Crippen molar-refractivity contribution in [3.05, 3.63) is 47.7 Å². The van der Waals surface area contributed by atoms with E-state index in [1.165, 1.54) is 12.8 Å². The standard InChI is InChI=1S/C21H28N4O3/c1-26-18-8-7-15(11-19(18)27-2)13-24-21(22)25-14-16-9-10-23-20(12-16)28-17-5-3-4-6-17/h7-12,17H,3-6,13-14H2,1-2H3,(H3,22,24,25). The second-order valence-electron chi connectivity index (χ2n) is 6.77. The van der Waals surface area contributed by atoms with E-state index in [-0.39, 0.29) is 0 Å². The van der Waals surface area contributed by atoms with Crippen molar-refractivity contribution in [3.8, 4) is 17.4 Å². The number of nitrogens with zero attached hydrogens (tertiary/aromatic N) is 2. The maximum atomic E-state index is 6.00. The molecule has 0 atom stereocenters. The minimum Gasteiger partial charge on any atom is -0.493 e. The zero-order chi connectivity index (χ0) is 19.8. The molecule has 7 nitrogen and oxygen atoms in total. The summed E-state index contributed by atoms with van der Waals surface area (Å²) >= 11 is 0. The van der Waals surface area contributed by atoms with Gasteiger partial charge in [0.2, 0.25) is 5.88 Å². The van der Waals surface area contributed by atoms with Gasteiger partial charge in [-0.25, -0.2) is 9.98 Å². The molecule has 1 aromatic heterocycles. The summed E-state index contributed by atoms with van der Waals surface area (Å²) in [6.45, 7) is 1.01. The van der Waals surface area contributed by atoms with E-state index in [4.69, 9.17) is 19.9 Å². The van der Waals surface area contributed by atoms with Gasteiger partial charge in [-0.3, -0.25) is 0 Å². The zero-order valence-corrected chi connectivity index (χ0v) is 16.5. The van der Waals surface area contributed by atoms with Crippen molar-refractivity contribution >= 4 is 5.96 Å². The highest BCUT2D eigenvalue weighted by Crippen LogP contribution is 2.27. The molecule has 7 heteroatoms. The number of aliphatic imine (C=N–C) groups is 1. The highest BCUT2D eigenvalue weighted by atomic mass is 16.5. The Morgan fingerprint density at radius 2 is 1.89 bits per heavy atom. The van der Waals surface area contributed by atoms with Gasteiger partial charge in [-0.15, -0.1) is 0 Å². The van der Waals surface area contributed by atoms with Crippen LogP contribution in [0.4, 0.5) is 0 Å². The third-order valence-electron chi connectivity index (χ3n) is 4.74. The fourth-order valence-corrected chi connectivity index (χ4v) is 3.21. The SMILES string of the molecule is COc1ccc(CN=C(N)NCc2ccnc(OC3CCCC3)c2)cc1OC. The lowest BCUT2D eigenvalue weighted by Gasteiger charge is -2.13. The van der Waals surface area contributed by atoms with E-state index in [1.807, 2.05) is 30.3 Å². The first-order valence-corrected chi connectivity index (χ1v) is 9.54. The number of nitrogens with one attached hydrogen (secondary N) is 1. The summed E-state index contributed by atoms with van der Waals surface area (Å²) in [6.07, 6.45) is 6.75. The normalized spacial score (nSPS) is 14.7. The molecule has 0 bridgehead atoms. The Bertz CT molecular complexity index is 804. The zero-order valence-electron chi connectivity index (χ0n) is 16.5. The van der Waals surface area contributed by atoms with E-state index < -0.39 is 0 Å². The molecule has 1 heterocycles. The van der Waals surface area contributed by atoms with Crippen LogP contribution < -0.4 is 25.3 Å². The van der Waals surface area contributed by atoms with E-state index in [1.54, 1.807) is 20.4 Å². The molecule has 1 fully saturated rings. The molecule has 0 aliphatic heterocycles. The number of rotatable bonds is 8. The Balaban J connectivity index is 1.52. The molecule has 3 N–H and O–H groups in total. The molecule has 0 radical (unpaired) electrons. The Morgan fingerprint density at radius 3 is 2.64 bits per heavy atom. The van der Waals surface area contributed by atoms with E-state index >= 15 is 0 Å². The van der Waals surface area contributed by atoms with Crippen molar-refractivity contribution in [1.82, 2.24) is 10.3 Å². The van der Waals surface area contributed by atoms with Crippen LogP contribution in [0.3, 0.4) is 0 Å². The van der Waals surface area contributed by atoms with Gasteiger partial charge < -0.3 is 25.3 Å². The van der Waals surface area contributed by atoms with Crippen LogP contribution in [0, 0.1) is 0 Å². The van der Waals surface area contributed by atoms with Gasteiger partial charge in [0.05, 0.1) is 20.8 Å². The second-order valence-corrected chi connectivity index (χ2v) is 6.77. The molecule has 0 amide bonds.